The summed E-state index contributed by atoms with van der Waals surface area (Å²) in [6, 6.07) is 0. The number of rotatable bonds is 2. The van der Waals surface area contributed by atoms with Crippen LogP contribution in [0.4, 0.5) is 0 Å². The molecule has 0 amide bonds. The first kappa shape index (κ1) is 11.5. The molecule has 14 heavy (non-hydrogen) atoms. The molecular formula is C8H14O6. The highest BCUT2D eigenvalue weighted by atomic mass is 16.5. The zero-order valence-electron chi connectivity index (χ0n) is 7.70. The summed E-state index contributed by atoms with van der Waals surface area (Å²) in [5.74, 6) is -0.457. The van der Waals surface area contributed by atoms with Crippen LogP contribution in [0.3, 0.4) is 0 Å². The van der Waals surface area contributed by atoms with Gasteiger partial charge in [0.1, 0.15) is 30.5 Å². The minimum absolute atomic E-state index is 0.457. The molecule has 0 saturated carbocycles. The lowest BCUT2D eigenvalue weighted by atomic mass is 9.93. The van der Waals surface area contributed by atoms with Crippen molar-refractivity contribution in [3.63, 3.8) is 0 Å². The first-order valence-electron chi connectivity index (χ1n) is 4.30. The molecule has 0 spiro atoms. The third-order valence-corrected chi connectivity index (χ3v) is 2.29. The van der Waals surface area contributed by atoms with Gasteiger partial charge in [0.15, 0.2) is 5.78 Å². The quantitative estimate of drug-likeness (QED) is 0.395. The predicted octanol–water partition coefficient (Wildman–Crippen LogP) is -2.58. The van der Waals surface area contributed by atoms with Gasteiger partial charge in [0.25, 0.3) is 0 Å². The third kappa shape index (κ3) is 1.94. The summed E-state index contributed by atoms with van der Waals surface area (Å²) in [7, 11) is 0. The number of aliphatic hydroxyl groups is 4. The van der Waals surface area contributed by atoms with Gasteiger partial charge >= 0.3 is 0 Å². The van der Waals surface area contributed by atoms with Gasteiger partial charge in [0.05, 0.1) is 6.61 Å². The average molecular weight is 206 g/mol. The normalized spacial score (nSPS) is 43.6. The van der Waals surface area contributed by atoms with E-state index >= 15 is 0 Å². The highest BCUT2D eigenvalue weighted by molar-refractivity contribution is 5.81. The van der Waals surface area contributed by atoms with E-state index in [1.54, 1.807) is 0 Å². The van der Waals surface area contributed by atoms with Crippen molar-refractivity contribution in [3.05, 3.63) is 0 Å². The van der Waals surface area contributed by atoms with E-state index in [1.165, 1.54) is 6.92 Å². The fourth-order valence-electron chi connectivity index (χ4n) is 1.44. The minimum Gasteiger partial charge on any atom is -0.394 e. The molecule has 0 aromatic heterocycles. The van der Waals surface area contributed by atoms with Crippen LogP contribution in [0, 0.1) is 0 Å². The summed E-state index contributed by atoms with van der Waals surface area (Å²) in [6.07, 6.45) is -6.54. The molecular weight excluding hydrogens is 192 g/mol. The fourth-order valence-corrected chi connectivity index (χ4v) is 1.44. The molecule has 1 fully saturated rings. The highest BCUT2D eigenvalue weighted by Crippen LogP contribution is 2.21. The number of carbonyl (C=O) groups excluding carboxylic acids is 1. The zero-order valence-corrected chi connectivity index (χ0v) is 7.70. The van der Waals surface area contributed by atoms with Gasteiger partial charge in [-0.05, 0) is 6.92 Å². The van der Waals surface area contributed by atoms with Crippen molar-refractivity contribution in [2.24, 2.45) is 0 Å². The van der Waals surface area contributed by atoms with Gasteiger partial charge in [0.2, 0.25) is 0 Å². The van der Waals surface area contributed by atoms with Crippen molar-refractivity contribution in [3.8, 4) is 0 Å². The number of ketones is 1. The van der Waals surface area contributed by atoms with Crippen LogP contribution in [0.5, 0.6) is 0 Å². The Morgan fingerprint density at radius 2 is 1.79 bits per heavy atom. The molecule has 0 bridgehead atoms. The summed E-state index contributed by atoms with van der Waals surface area (Å²) >= 11 is 0. The molecule has 1 heterocycles. The van der Waals surface area contributed by atoms with E-state index in [1.807, 2.05) is 0 Å². The van der Waals surface area contributed by atoms with Gasteiger partial charge in [0, 0.05) is 0 Å². The number of carbonyl (C=O) groups is 1. The second-order valence-corrected chi connectivity index (χ2v) is 3.36. The van der Waals surface area contributed by atoms with E-state index in [4.69, 9.17) is 9.84 Å². The van der Waals surface area contributed by atoms with Gasteiger partial charge in [-0.1, -0.05) is 0 Å². The van der Waals surface area contributed by atoms with Crippen LogP contribution in [0.15, 0.2) is 0 Å². The summed E-state index contributed by atoms with van der Waals surface area (Å²) in [5.41, 5.74) is 0. The van der Waals surface area contributed by atoms with Gasteiger partial charge < -0.3 is 25.2 Å². The van der Waals surface area contributed by atoms with E-state index in [-0.39, 0.29) is 0 Å². The van der Waals surface area contributed by atoms with Crippen LogP contribution < -0.4 is 0 Å². The van der Waals surface area contributed by atoms with Crippen LogP contribution in [-0.2, 0) is 9.53 Å². The van der Waals surface area contributed by atoms with Crippen LogP contribution in [0.25, 0.3) is 0 Å². The molecule has 4 N–H and O–H groups in total. The Bertz CT molecular complexity index is 216. The van der Waals surface area contributed by atoms with Gasteiger partial charge in [-0.3, -0.25) is 4.79 Å². The summed E-state index contributed by atoms with van der Waals surface area (Å²) in [5, 5.41) is 36.8. The Kier molecular flexibility index (Phi) is 3.57. The number of hydrogen-bond donors (Lipinski definition) is 4. The Balaban J connectivity index is 2.78. The molecule has 0 aliphatic carbocycles. The molecule has 1 aliphatic heterocycles. The molecule has 0 unspecified atom stereocenters. The van der Waals surface area contributed by atoms with E-state index in [0.717, 1.165) is 0 Å². The summed E-state index contributed by atoms with van der Waals surface area (Å²) < 4.78 is 4.93. The molecule has 6 heteroatoms. The van der Waals surface area contributed by atoms with Crippen molar-refractivity contribution in [1.82, 2.24) is 0 Å². The second-order valence-electron chi connectivity index (χ2n) is 3.36. The minimum atomic E-state index is -1.48. The van der Waals surface area contributed by atoms with Crippen LogP contribution in [0.2, 0.25) is 0 Å². The highest BCUT2D eigenvalue weighted by Gasteiger charge is 2.44. The number of aliphatic hydroxyl groups excluding tert-OH is 4. The Labute approximate surface area is 80.7 Å². The van der Waals surface area contributed by atoms with Crippen molar-refractivity contribution >= 4 is 5.78 Å². The van der Waals surface area contributed by atoms with Gasteiger partial charge in [-0.2, -0.15) is 0 Å². The monoisotopic (exact) mass is 206 g/mol. The zero-order chi connectivity index (χ0) is 10.9. The number of ether oxygens (including phenoxy) is 1. The molecule has 0 aromatic carbocycles. The van der Waals surface area contributed by atoms with Crippen molar-refractivity contribution in [1.29, 1.82) is 0 Å². The summed E-state index contributed by atoms with van der Waals surface area (Å²) in [4.78, 5) is 11.0. The standard InChI is InChI=1S/C8H14O6/c1-3(10)8-7(13)6(12)5(11)4(2-9)14-8/h4-9,11-13H,2H2,1H3/t4-,5-,6+,7-,8+/m1/s1. The van der Waals surface area contributed by atoms with Gasteiger partial charge in [-0.25, -0.2) is 0 Å². The fraction of sp³-hybridized carbons (Fsp3) is 0.875. The molecule has 1 saturated heterocycles. The smallest absolute Gasteiger partial charge is 0.161 e. The molecule has 6 nitrogen and oxygen atoms in total. The lowest BCUT2D eigenvalue weighted by Gasteiger charge is -2.38. The van der Waals surface area contributed by atoms with E-state index in [9.17, 15) is 20.1 Å². The third-order valence-electron chi connectivity index (χ3n) is 2.29. The second kappa shape index (κ2) is 4.33. The maximum atomic E-state index is 11.0. The van der Waals surface area contributed by atoms with Crippen molar-refractivity contribution < 1.29 is 30.0 Å². The molecule has 0 aromatic rings. The van der Waals surface area contributed by atoms with Crippen molar-refractivity contribution in [2.45, 2.75) is 37.4 Å². The SMILES string of the molecule is CC(=O)[C@@H]1O[C@H](CO)[C@@H](O)[C@H](O)[C@H]1O. The molecule has 0 radical (unpaired) electrons. The largest absolute Gasteiger partial charge is 0.394 e. The first-order valence-corrected chi connectivity index (χ1v) is 4.30. The Hall–Kier alpha value is -0.530. The van der Waals surface area contributed by atoms with Gasteiger partial charge in [-0.15, -0.1) is 0 Å². The molecule has 1 rings (SSSR count). The maximum Gasteiger partial charge on any atom is 0.161 e. The maximum absolute atomic E-state index is 11.0. The molecule has 5 atom stereocenters. The molecule has 1 aliphatic rings. The summed E-state index contributed by atoms with van der Waals surface area (Å²) in [6.45, 7) is 0.682. The molecule has 82 valence electrons. The first-order chi connectivity index (χ1) is 6.49. The number of Topliss-reactive ketones (excluding diaryl/α,β-unsaturated/α-hetero) is 1. The Morgan fingerprint density at radius 3 is 2.21 bits per heavy atom. The van der Waals surface area contributed by atoms with E-state index < -0.39 is 42.9 Å². The van der Waals surface area contributed by atoms with Crippen LogP contribution in [-0.4, -0.2) is 63.3 Å². The van der Waals surface area contributed by atoms with Crippen molar-refractivity contribution in [2.75, 3.05) is 6.61 Å². The van der Waals surface area contributed by atoms with Crippen LogP contribution >= 0.6 is 0 Å². The average Bonchev–Trinajstić information content (AvgIpc) is 2.14. The lowest BCUT2D eigenvalue weighted by molar-refractivity contribution is -0.225. The predicted molar refractivity (Wildman–Crippen MR) is 44.4 cm³/mol. The number of hydrogen-bond acceptors (Lipinski definition) is 6. The van der Waals surface area contributed by atoms with Crippen LogP contribution in [0.1, 0.15) is 6.92 Å². The topological polar surface area (TPSA) is 107 Å². The van der Waals surface area contributed by atoms with E-state index in [0.29, 0.717) is 0 Å². The Morgan fingerprint density at radius 1 is 1.21 bits per heavy atom. The lowest BCUT2D eigenvalue weighted by Crippen LogP contribution is -2.60. The van der Waals surface area contributed by atoms with E-state index in [2.05, 4.69) is 0 Å².